The minimum absolute atomic E-state index is 0.0647. The summed E-state index contributed by atoms with van der Waals surface area (Å²) >= 11 is 0. The lowest BCUT2D eigenvalue weighted by atomic mass is 10.1. The van der Waals surface area contributed by atoms with Crippen LogP contribution in [0.25, 0.3) is 0 Å². The van der Waals surface area contributed by atoms with Gasteiger partial charge in [-0.25, -0.2) is 9.59 Å². The van der Waals surface area contributed by atoms with Crippen molar-refractivity contribution in [3.05, 3.63) is 33.9 Å². The van der Waals surface area contributed by atoms with Crippen molar-refractivity contribution in [2.75, 3.05) is 11.9 Å². The number of nitro benzene ring substituents is 1. The summed E-state index contributed by atoms with van der Waals surface area (Å²) in [6.07, 6.45) is -1.09. The Bertz CT molecular complexity index is 694. The van der Waals surface area contributed by atoms with Gasteiger partial charge in [0.05, 0.1) is 17.1 Å². The molecule has 26 heavy (non-hydrogen) atoms. The maximum Gasteiger partial charge on any atom is 0.405 e. The van der Waals surface area contributed by atoms with Crippen LogP contribution >= 0.6 is 0 Å². The Labute approximate surface area is 147 Å². The highest BCUT2D eigenvalue weighted by Crippen LogP contribution is 2.23. The van der Waals surface area contributed by atoms with Crippen LogP contribution in [0.2, 0.25) is 0 Å². The van der Waals surface area contributed by atoms with Crippen LogP contribution in [0, 0.1) is 10.1 Å². The number of hydrogen-bond acceptors (Lipinski definition) is 6. The fraction of sp³-hybridized carbons (Fsp3) is 0.357. The molecule has 12 heteroatoms. The number of anilines is 1. The predicted octanol–water partition coefficient (Wildman–Crippen LogP) is 0.110. The Kier molecular flexibility index (Phi) is 7.76. The van der Waals surface area contributed by atoms with E-state index >= 15 is 0 Å². The Morgan fingerprint density at radius 2 is 2.00 bits per heavy atom. The molecule has 0 fully saturated rings. The van der Waals surface area contributed by atoms with E-state index in [1.165, 1.54) is 12.1 Å². The normalized spacial score (nSPS) is 11.3. The number of nitrogens with two attached hydrogens (primary N) is 1. The van der Waals surface area contributed by atoms with E-state index in [9.17, 15) is 24.5 Å². The van der Waals surface area contributed by atoms with E-state index < -0.39 is 35.6 Å². The molecule has 0 heterocycles. The molecule has 0 saturated heterocycles. The molecule has 12 nitrogen and oxygen atoms in total. The third-order valence-corrected chi connectivity index (χ3v) is 3.30. The molecule has 0 aromatic heterocycles. The number of carbonyl (C=O) groups is 3. The zero-order valence-electron chi connectivity index (χ0n) is 13.6. The summed E-state index contributed by atoms with van der Waals surface area (Å²) in [6, 6.07) is 1.82. The van der Waals surface area contributed by atoms with E-state index in [-0.39, 0.29) is 36.3 Å². The predicted molar refractivity (Wildman–Crippen MR) is 89.4 cm³/mol. The number of nitrogens with one attached hydrogen (secondary N) is 3. The molecule has 142 valence electrons. The summed E-state index contributed by atoms with van der Waals surface area (Å²) in [5.74, 6) is -0.725. The van der Waals surface area contributed by atoms with Gasteiger partial charge in [0, 0.05) is 18.3 Å². The number of carbonyl (C=O) groups excluding carboxylic acids is 2. The highest BCUT2D eigenvalue weighted by atomic mass is 16.6. The summed E-state index contributed by atoms with van der Waals surface area (Å²) < 4.78 is 0. The third-order valence-electron chi connectivity index (χ3n) is 3.30. The number of rotatable bonds is 9. The average Bonchev–Trinajstić information content (AvgIpc) is 2.56. The van der Waals surface area contributed by atoms with Crippen LogP contribution in [0.15, 0.2) is 18.2 Å². The second-order valence-corrected chi connectivity index (χ2v) is 5.18. The van der Waals surface area contributed by atoms with Crippen molar-refractivity contribution in [2.45, 2.75) is 25.5 Å². The molecule has 0 aliphatic rings. The molecule has 0 spiro atoms. The summed E-state index contributed by atoms with van der Waals surface area (Å²) in [4.78, 5) is 43.9. The summed E-state index contributed by atoms with van der Waals surface area (Å²) in [5, 5.41) is 35.6. The first-order chi connectivity index (χ1) is 12.2. The second-order valence-electron chi connectivity index (χ2n) is 5.18. The van der Waals surface area contributed by atoms with Gasteiger partial charge in [0.1, 0.15) is 6.04 Å². The fourth-order valence-electron chi connectivity index (χ4n) is 2.11. The van der Waals surface area contributed by atoms with Crippen molar-refractivity contribution >= 4 is 29.4 Å². The molecule has 1 atom stereocenters. The van der Waals surface area contributed by atoms with Crippen molar-refractivity contribution in [3.63, 3.8) is 0 Å². The molecule has 0 radical (unpaired) electrons. The maximum absolute atomic E-state index is 12.2. The Morgan fingerprint density at radius 3 is 2.54 bits per heavy atom. The van der Waals surface area contributed by atoms with E-state index in [0.29, 0.717) is 0 Å². The zero-order valence-corrected chi connectivity index (χ0v) is 13.6. The Morgan fingerprint density at radius 1 is 1.31 bits per heavy atom. The van der Waals surface area contributed by atoms with Crippen molar-refractivity contribution in [3.8, 4) is 0 Å². The van der Waals surface area contributed by atoms with Crippen molar-refractivity contribution < 1.29 is 29.5 Å². The third kappa shape index (κ3) is 6.60. The highest BCUT2D eigenvalue weighted by Gasteiger charge is 2.22. The molecule has 1 aromatic rings. The molecular formula is C14H19N5O7. The first kappa shape index (κ1) is 20.6. The molecule has 7 N–H and O–H groups in total. The van der Waals surface area contributed by atoms with Crippen LogP contribution in [-0.2, 0) is 11.4 Å². The number of urea groups is 1. The fourth-order valence-corrected chi connectivity index (χ4v) is 2.11. The SMILES string of the molecule is NC(=O)NCCC[C@H](NC(=O)O)C(=O)Nc1ccc(CO)c([N+](=O)[O-])c1. The number of aliphatic hydroxyl groups excluding tert-OH is 1. The van der Waals surface area contributed by atoms with Gasteiger partial charge in [0.15, 0.2) is 0 Å². The van der Waals surface area contributed by atoms with Gasteiger partial charge in [-0.1, -0.05) is 0 Å². The van der Waals surface area contributed by atoms with E-state index in [1.807, 2.05) is 5.32 Å². The van der Waals surface area contributed by atoms with E-state index in [0.717, 1.165) is 6.07 Å². The van der Waals surface area contributed by atoms with Gasteiger partial charge in [-0.2, -0.15) is 0 Å². The van der Waals surface area contributed by atoms with Gasteiger partial charge in [0.2, 0.25) is 5.91 Å². The lowest BCUT2D eigenvalue weighted by molar-refractivity contribution is -0.385. The van der Waals surface area contributed by atoms with Crippen LogP contribution in [0.4, 0.5) is 21.0 Å². The maximum atomic E-state index is 12.2. The molecule has 0 unspecified atom stereocenters. The van der Waals surface area contributed by atoms with Gasteiger partial charge in [-0.15, -0.1) is 0 Å². The summed E-state index contributed by atoms with van der Waals surface area (Å²) in [7, 11) is 0. The number of amides is 4. The minimum atomic E-state index is -1.42. The summed E-state index contributed by atoms with van der Waals surface area (Å²) in [5.41, 5.74) is 4.68. The van der Waals surface area contributed by atoms with Gasteiger partial charge in [-0.05, 0) is 25.0 Å². The number of nitrogens with zero attached hydrogens (tertiary/aromatic N) is 1. The first-order valence-electron chi connectivity index (χ1n) is 7.46. The Hall–Kier alpha value is -3.41. The van der Waals surface area contributed by atoms with Crippen molar-refractivity contribution in [1.82, 2.24) is 10.6 Å². The molecule has 0 bridgehead atoms. The number of hydrogen-bond donors (Lipinski definition) is 6. The number of benzene rings is 1. The topological polar surface area (TPSA) is 197 Å². The van der Waals surface area contributed by atoms with Crippen LogP contribution in [0.1, 0.15) is 18.4 Å². The molecular weight excluding hydrogens is 350 g/mol. The first-order valence-corrected chi connectivity index (χ1v) is 7.46. The monoisotopic (exact) mass is 369 g/mol. The molecule has 0 aliphatic heterocycles. The lowest BCUT2D eigenvalue weighted by Gasteiger charge is -2.17. The number of nitro groups is 1. The van der Waals surface area contributed by atoms with Crippen LogP contribution in [-0.4, -0.2) is 45.8 Å². The Balaban J connectivity index is 2.81. The summed E-state index contributed by atoms with van der Waals surface area (Å²) in [6.45, 7) is -0.391. The zero-order chi connectivity index (χ0) is 19.7. The number of aliphatic hydroxyl groups is 1. The molecule has 1 aromatic carbocycles. The van der Waals surface area contributed by atoms with Gasteiger partial charge in [-0.3, -0.25) is 14.9 Å². The molecule has 1 rings (SSSR count). The molecule has 0 aliphatic carbocycles. The van der Waals surface area contributed by atoms with E-state index in [1.54, 1.807) is 0 Å². The average molecular weight is 369 g/mol. The molecule has 0 saturated carbocycles. The van der Waals surface area contributed by atoms with Gasteiger partial charge >= 0.3 is 12.1 Å². The van der Waals surface area contributed by atoms with E-state index in [4.69, 9.17) is 15.9 Å². The lowest BCUT2D eigenvalue weighted by Crippen LogP contribution is -2.43. The smallest absolute Gasteiger partial charge is 0.405 e. The highest BCUT2D eigenvalue weighted by molar-refractivity contribution is 5.96. The van der Waals surface area contributed by atoms with E-state index in [2.05, 4.69) is 10.6 Å². The van der Waals surface area contributed by atoms with Crippen molar-refractivity contribution in [2.24, 2.45) is 5.73 Å². The van der Waals surface area contributed by atoms with Crippen molar-refractivity contribution in [1.29, 1.82) is 0 Å². The number of carboxylic acid groups (broad SMARTS) is 1. The number of primary amides is 1. The second kappa shape index (κ2) is 9.78. The van der Waals surface area contributed by atoms with Crippen LogP contribution in [0.5, 0.6) is 0 Å². The van der Waals surface area contributed by atoms with Gasteiger partial charge in [0.25, 0.3) is 5.69 Å². The standard InChI is InChI=1S/C14H19N5O7/c15-13(22)16-5-1-2-10(18-14(23)24)12(21)17-9-4-3-8(7-20)11(6-9)19(25)26/h3-4,6,10,18,20H,1-2,5,7H2,(H,17,21)(H,23,24)(H3,15,16,22)/t10-/m0/s1. The van der Waals surface area contributed by atoms with Crippen LogP contribution in [0.3, 0.4) is 0 Å². The quantitative estimate of drug-likeness (QED) is 0.201. The van der Waals surface area contributed by atoms with Gasteiger partial charge < -0.3 is 31.9 Å². The largest absolute Gasteiger partial charge is 0.465 e. The minimum Gasteiger partial charge on any atom is -0.465 e. The molecule has 4 amide bonds. The van der Waals surface area contributed by atoms with Crippen LogP contribution < -0.4 is 21.7 Å².